The molecule has 0 spiro atoms. The molecule has 0 aliphatic heterocycles. The van der Waals surface area contributed by atoms with E-state index in [0.717, 1.165) is 50.1 Å². The summed E-state index contributed by atoms with van der Waals surface area (Å²) in [6.45, 7) is 6.85. The average molecular weight is 473 g/mol. The Bertz CT molecular complexity index is 882. The third kappa shape index (κ3) is 8.49. The molecule has 0 radical (unpaired) electrons. The van der Waals surface area contributed by atoms with E-state index in [1.165, 1.54) is 74.5 Å². The molecule has 35 heavy (non-hydrogen) atoms. The van der Waals surface area contributed by atoms with Gasteiger partial charge < -0.3 is 0 Å². The van der Waals surface area contributed by atoms with Crippen molar-refractivity contribution in [3.05, 3.63) is 53.7 Å². The second-order valence-corrected chi connectivity index (χ2v) is 11.3. The molecule has 2 heteroatoms. The number of hydrogen-bond acceptors (Lipinski definition) is 2. The SMILES string of the molecule is CCCCCCCCCc1ccc(-c2ccc([C@H]3CC[C@](C#N)(CCC(C)CC)CC3)cc2)nc1. The van der Waals surface area contributed by atoms with Crippen LogP contribution in [0.25, 0.3) is 11.3 Å². The van der Waals surface area contributed by atoms with Crippen LogP contribution in [0, 0.1) is 22.7 Å². The molecular formula is C33H48N2. The third-order valence-electron chi connectivity index (χ3n) is 8.56. The quantitative estimate of drug-likeness (QED) is 0.256. The Morgan fingerprint density at radius 2 is 1.63 bits per heavy atom. The lowest BCUT2D eigenvalue weighted by Crippen LogP contribution is -2.26. The van der Waals surface area contributed by atoms with Crippen molar-refractivity contribution in [1.82, 2.24) is 4.98 Å². The molecule has 190 valence electrons. The van der Waals surface area contributed by atoms with Gasteiger partial charge in [-0.2, -0.15) is 5.26 Å². The van der Waals surface area contributed by atoms with Crippen LogP contribution in [-0.2, 0) is 6.42 Å². The Morgan fingerprint density at radius 1 is 0.943 bits per heavy atom. The summed E-state index contributed by atoms with van der Waals surface area (Å²) in [5.41, 5.74) is 4.97. The van der Waals surface area contributed by atoms with Crippen molar-refractivity contribution in [3.8, 4) is 17.3 Å². The first-order chi connectivity index (χ1) is 17.1. The summed E-state index contributed by atoms with van der Waals surface area (Å²) in [4.78, 5) is 4.77. The highest BCUT2D eigenvalue weighted by Gasteiger charge is 2.35. The van der Waals surface area contributed by atoms with Gasteiger partial charge in [-0.25, -0.2) is 0 Å². The van der Waals surface area contributed by atoms with Crippen molar-refractivity contribution in [2.75, 3.05) is 0 Å². The van der Waals surface area contributed by atoms with Crippen molar-refractivity contribution in [1.29, 1.82) is 5.26 Å². The number of nitriles is 1. The van der Waals surface area contributed by atoms with E-state index in [1.54, 1.807) is 0 Å². The lowest BCUT2D eigenvalue weighted by atomic mass is 9.67. The summed E-state index contributed by atoms with van der Waals surface area (Å²) >= 11 is 0. The molecule has 1 heterocycles. The molecule has 3 rings (SSSR count). The van der Waals surface area contributed by atoms with Crippen molar-refractivity contribution in [2.24, 2.45) is 11.3 Å². The largest absolute Gasteiger partial charge is 0.256 e. The minimum atomic E-state index is -0.0827. The van der Waals surface area contributed by atoms with Gasteiger partial charge in [0, 0.05) is 11.8 Å². The Balaban J connectivity index is 1.46. The molecular weight excluding hydrogens is 424 g/mol. The lowest BCUT2D eigenvalue weighted by molar-refractivity contribution is 0.213. The van der Waals surface area contributed by atoms with Crippen LogP contribution in [0.15, 0.2) is 42.6 Å². The number of pyridine rings is 1. The van der Waals surface area contributed by atoms with Crippen LogP contribution in [0.4, 0.5) is 0 Å². The molecule has 1 aliphatic carbocycles. The van der Waals surface area contributed by atoms with Gasteiger partial charge in [0.05, 0.1) is 17.2 Å². The number of nitrogens with zero attached hydrogens (tertiary/aromatic N) is 2. The second-order valence-electron chi connectivity index (χ2n) is 11.3. The van der Waals surface area contributed by atoms with Gasteiger partial charge in [0.25, 0.3) is 0 Å². The fourth-order valence-electron chi connectivity index (χ4n) is 5.60. The fourth-order valence-corrected chi connectivity index (χ4v) is 5.60. The zero-order valence-electron chi connectivity index (χ0n) is 22.7. The summed E-state index contributed by atoms with van der Waals surface area (Å²) < 4.78 is 0. The molecule has 1 saturated carbocycles. The number of benzene rings is 1. The molecule has 1 aliphatic rings. The molecule has 2 aromatic rings. The van der Waals surface area contributed by atoms with E-state index in [2.05, 4.69) is 69.4 Å². The highest BCUT2D eigenvalue weighted by Crippen LogP contribution is 2.46. The van der Waals surface area contributed by atoms with E-state index in [9.17, 15) is 5.26 Å². The second kappa shape index (κ2) is 14.4. The molecule has 1 atom stereocenters. The molecule has 2 nitrogen and oxygen atoms in total. The fraction of sp³-hybridized carbons (Fsp3) is 0.636. The number of rotatable bonds is 14. The maximum atomic E-state index is 9.91. The minimum absolute atomic E-state index is 0.0827. The van der Waals surface area contributed by atoms with Gasteiger partial charge in [-0.3, -0.25) is 4.98 Å². The molecule has 0 amide bonds. The Hall–Kier alpha value is -2.14. The first kappa shape index (κ1) is 27.4. The van der Waals surface area contributed by atoms with E-state index in [-0.39, 0.29) is 5.41 Å². The normalized spacial score (nSPS) is 20.9. The van der Waals surface area contributed by atoms with E-state index in [1.807, 2.05) is 0 Å². The Morgan fingerprint density at radius 3 is 2.23 bits per heavy atom. The molecule has 1 fully saturated rings. The molecule has 0 N–H and O–H groups in total. The number of unbranched alkanes of at least 4 members (excludes halogenated alkanes) is 6. The summed E-state index contributed by atoms with van der Waals surface area (Å²) in [5, 5.41) is 9.91. The van der Waals surface area contributed by atoms with E-state index < -0.39 is 0 Å². The topological polar surface area (TPSA) is 36.7 Å². The summed E-state index contributed by atoms with van der Waals surface area (Å²) in [5.74, 6) is 1.32. The van der Waals surface area contributed by atoms with Crippen molar-refractivity contribution >= 4 is 0 Å². The summed E-state index contributed by atoms with van der Waals surface area (Å²) in [7, 11) is 0. The van der Waals surface area contributed by atoms with Crippen molar-refractivity contribution in [3.63, 3.8) is 0 Å². The zero-order valence-corrected chi connectivity index (χ0v) is 22.7. The summed E-state index contributed by atoms with van der Waals surface area (Å²) in [6.07, 6.45) is 20.5. The van der Waals surface area contributed by atoms with Gasteiger partial charge in [-0.1, -0.05) is 96.0 Å². The third-order valence-corrected chi connectivity index (χ3v) is 8.56. The van der Waals surface area contributed by atoms with Crippen LogP contribution >= 0.6 is 0 Å². The molecule has 1 aromatic heterocycles. The number of hydrogen-bond donors (Lipinski definition) is 0. The number of aromatic nitrogens is 1. The molecule has 0 bridgehead atoms. The van der Waals surface area contributed by atoms with Gasteiger partial charge in [-0.05, 0) is 80.4 Å². The highest BCUT2D eigenvalue weighted by atomic mass is 14.7. The molecule has 1 unspecified atom stereocenters. The van der Waals surface area contributed by atoms with E-state index in [4.69, 9.17) is 4.98 Å². The lowest BCUT2D eigenvalue weighted by Gasteiger charge is -2.36. The van der Waals surface area contributed by atoms with Crippen molar-refractivity contribution in [2.45, 2.75) is 123 Å². The zero-order chi connectivity index (χ0) is 24.9. The van der Waals surface area contributed by atoms with Crippen LogP contribution < -0.4 is 0 Å². The molecule has 1 aromatic carbocycles. The standard InChI is InChI=1S/C33H48N2/c1-4-6-7-8-9-10-11-12-28-13-18-32(35-25-28)31-16-14-29(15-17-31)30-20-23-33(26-34,24-21-30)22-19-27(3)5-2/h13-18,25,27,30H,4-12,19-24H2,1-3H3/t27?,30-,33+. The Kier molecular flexibility index (Phi) is 11.3. The van der Waals surface area contributed by atoms with Gasteiger partial charge in [0.15, 0.2) is 0 Å². The summed E-state index contributed by atoms with van der Waals surface area (Å²) in [6, 6.07) is 16.2. The smallest absolute Gasteiger partial charge is 0.0702 e. The van der Waals surface area contributed by atoms with Crippen LogP contribution in [0.2, 0.25) is 0 Å². The predicted octanol–water partition coefficient (Wildman–Crippen LogP) is 10.0. The predicted molar refractivity (Wildman–Crippen MR) is 149 cm³/mol. The average Bonchev–Trinajstić information content (AvgIpc) is 2.92. The maximum Gasteiger partial charge on any atom is 0.0702 e. The van der Waals surface area contributed by atoms with E-state index >= 15 is 0 Å². The van der Waals surface area contributed by atoms with Crippen LogP contribution in [0.3, 0.4) is 0 Å². The van der Waals surface area contributed by atoms with Gasteiger partial charge in [0.2, 0.25) is 0 Å². The van der Waals surface area contributed by atoms with Crippen LogP contribution in [-0.4, -0.2) is 4.98 Å². The van der Waals surface area contributed by atoms with Crippen LogP contribution in [0.1, 0.15) is 128 Å². The number of aryl methyl sites for hydroxylation is 1. The monoisotopic (exact) mass is 472 g/mol. The van der Waals surface area contributed by atoms with Gasteiger partial charge in [-0.15, -0.1) is 0 Å². The van der Waals surface area contributed by atoms with Crippen molar-refractivity contribution < 1.29 is 0 Å². The van der Waals surface area contributed by atoms with Gasteiger partial charge >= 0.3 is 0 Å². The maximum absolute atomic E-state index is 9.91. The van der Waals surface area contributed by atoms with Crippen LogP contribution in [0.5, 0.6) is 0 Å². The highest BCUT2D eigenvalue weighted by molar-refractivity contribution is 5.59. The van der Waals surface area contributed by atoms with E-state index in [0.29, 0.717) is 5.92 Å². The minimum Gasteiger partial charge on any atom is -0.256 e. The first-order valence-electron chi connectivity index (χ1n) is 14.6. The first-order valence-corrected chi connectivity index (χ1v) is 14.6. The van der Waals surface area contributed by atoms with Gasteiger partial charge in [0.1, 0.15) is 0 Å². The molecule has 0 saturated heterocycles. The Labute approximate surface area is 215 Å².